The molecule has 0 spiro atoms. The Bertz CT molecular complexity index is 878. The van der Waals surface area contributed by atoms with Gasteiger partial charge in [-0.15, -0.1) is 0 Å². The van der Waals surface area contributed by atoms with E-state index in [1.54, 1.807) is 26.3 Å². The van der Waals surface area contributed by atoms with E-state index in [9.17, 15) is 8.42 Å². The molecule has 0 aliphatic heterocycles. The first-order chi connectivity index (χ1) is 13.3. The smallest absolute Gasteiger partial charge is 0.225 e. The zero-order valence-corrected chi connectivity index (χ0v) is 17.9. The lowest BCUT2D eigenvalue weighted by atomic mass is 9.79. The molecule has 28 heavy (non-hydrogen) atoms. The summed E-state index contributed by atoms with van der Waals surface area (Å²) in [7, 11) is -3.21. The standard InChI is InChI=1S/C21H31N3O3S/c1-14(2)28(25,26)24-20-7-5-17(11-15(20)3)13-23-19-8-6-18(12-16(19)4)21-22-9-10-27-21/h6,8-10,12,14-15,17,20,23-24H,5,7,11,13H2,1-4H3/t15?,17-,20?/m1/s1. The van der Waals surface area contributed by atoms with Crippen molar-refractivity contribution in [2.24, 2.45) is 11.8 Å². The molecule has 2 N–H and O–H groups in total. The molecule has 2 unspecified atom stereocenters. The van der Waals surface area contributed by atoms with Gasteiger partial charge in [0, 0.05) is 23.8 Å². The summed E-state index contributed by atoms with van der Waals surface area (Å²) in [4.78, 5) is 4.19. The first-order valence-corrected chi connectivity index (χ1v) is 11.6. The van der Waals surface area contributed by atoms with E-state index in [0.29, 0.717) is 17.7 Å². The number of hydrogen-bond donors (Lipinski definition) is 2. The average Bonchev–Trinajstić information content (AvgIpc) is 3.17. The van der Waals surface area contributed by atoms with Gasteiger partial charge in [0.2, 0.25) is 15.9 Å². The van der Waals surface area contributed by atoms with Crippen LogP contribution in [0.15, 0.2) is 35.1 Å². The van der Waals surface area contributed by atoms with E-state index in [1.165, 1.54) is 0 Å². The maximum Gasteiger partial charge on any atom is 0.225 e. The summed E-state index contributed by atoms with van der Waals surface area (Å²) in [5.41, 5.74) is 3.24. The largest absolute Gasteiger partial charge is 0.445 e. The minimum absolute atomic E-state index is 0.0467. The van der Waals surface area contributed by atoms with Gasteiger partial charge in [0.15, 0.2) is 0 Å². The number of nitrogens with one attached hydrogen (secondary N) is 2. The van der Waals surface area contributed by atoms with Crippen LogP contribution in [0.4, 0.5) is 5.69 Å². The van der Waals surface area contributed by atoms with Crippen molar-refractivity contribution in [1.29, 1.82) is 0 Å². The minimum atomic E-state index is -3.21. The number of aryl methyl sites for hydroxylation is 1. The van der Waals surface area contributed by atoms with Gasteiger partial charge in [-0.25, -0.2) is 18.1 Å². The fraction of sp³-hybridized carbons (Fsp3) is 0.571. The van der Waals surface area contributed by atoms with Gasteiger partial charge in [0.1, 0.15) is 6.26 Å². The third-order valence-electron chi connectivity index (χ3n) is 5.70. The van der Waals surface area contributed by atoms with Crippen LogP contribution in [0, 0.1) is 18.8 Å². The third-order valence-corrected chi connectivity index (χ3v) is 7.57. The van der Waals surface area contributed by atoms with E-state index in [1.807, 2.05) is 6.07 Å². The van der Waals surface area contributed by atoms with Gasteiger partial charge in [-0.1, -0.05) is 6.92 Å². The predicted molar refractivity (Wildman–Crippen MR) is 113 cm³/mol. The molecule has 154 valence electrons. The lowest BCUT2D eigenvalue weighted by molar-refractivity contribution is 0.243. The van der Waals surface area contributed by atoms with Crippen molar-refractivity contribution in [3.63, 3.8) is 0 Å². The molecule has 1 aromatic heterocycles. The number of anilines is 1. The van der Waals surface area contributed by atoms with E-state index >= 15 is 0 Å². The number of rotatable bonds is 7. The average molecular weight is 406 g/mol. The molecule has 1 aromatic carbocycles. The van der Waals surface area contributed by atoms with E-state index < -0.39 is 10.0 Å². The third kappa shape index (κ3) is 4.94. The van der Waals surface area contributed by atoms with Crippen LogP contribution in [-0.4, -0.2) is 31.2 Å². The lowest BCUT2D eigenvalue weighted by Crippen LogP contribution is -2.45. The molecule has 2 aromatic rings. The Kier molecular flexibility index (Phi) is 6.45. The molecule has 1 saturated carbocycles. The fourth-order valence-electron chi connectivity index (χ4n) is 3.83. The Morgan fingerprint density at radius 1 is 1.29 bits per heavy atom. The second kappa shape index (κ2) is 8.66. The normalized spacial score (nSPS) is 23.1. The Hall–Kier alpha value is -1.86. The van der Waals surface area contributed by atoms with Gasteiger partial charge >= 0.3 is 0 Å². The van der Waals surface area contributed by atoms with Gasteiger partial charge in [0.25, 0.3) is 0 Å². The summed E-state index contributed by atoms with van der Waals surface area (Å²) >= 11 is 0. The van der Waals surface area contributed by atoms with Crippen molar-refractivity contribution in [3.8, 4) is 11.5 Å². The number of benzene rings is 1. The van der Waals surface area contributed by atoms with Gasteiger partial charge in [-0.05, 0) is 75.6 Å². The molecule has 6 nitrogen and oxygen atoms in total. The maximum absolute atomic E-state index is 12.2. The Labute approximate surface area is 168 Å². The molecule has 1 aliphatic rings. The summed E-state index contributed by atoms with van der Waals surface area (Å²) in [5, 5.41) is 3.18. The van der Waals surface area contributed by atoms with Gasteiger partial charge in [-0.2, -0.15) is 0 Å². The molecule has 0 radical (unpaired) electrons. The highest BCUT2D eigenvalue weighted by Crippen LogP contribution is 2.31. The van der Waals surface area contributed by atoms with Crippen molar-refractivity contribution in [2.45, 2.75) is 58.2 Å². The molecule has 1 aliphatic carbocycles. The molecule has 0 saturated heterocycles. The van der Waals surface area contributed by atoms with E-state index in [-0.39, 0.29) is 11.3 Å². The molecule has 0 amide bonds. The van der Waals surface area contributed by atoms with Crippen LogP contribution in [0.3, 0.4) is 0 Å². The van der Waals surface area contributed by atoms with Crippen LogP contribution < -0.4 is 10.0 Å². The Balaban J connectivity index is 1.54. The van der Waals surface area contributed by atoms with E-state index in [2.05, 4.69) is 41.0 Å². The SMILES string of the molecule is Cc1cc(-c2ncco2)ccc1NC[C@@H]1CCC(NS(=O)(=O)C(C)C)C(C)C1. The zero-order chi connectivity index (χ0) is 20.3. The van der Waals surface area contributed by atoms with E-state index in [0.717, 1.165) is 42.6 Å². The molecule has 0 bridgehead atoms. The molecular formula is C21H31N3O3S. The van der Waals surface area contributed by atoms with Crippen molar-refractivity contribution in [2.75, 3.05) is 11.9 Å². The van der Waals surface area contributed by atoms with Crippen LogP contribution in [0.5, 0.6) is 0 Å². The highest BCUT2D eigenvalue weighted by molar-refractivity contribution is 7.90. The molecule has 1 heterocycles. The summed E-state index contributed by atoms with van der Waals surface area (Å²) in [6.45, 7) is 8.56. The highest BCUT2D eigenvalue weighted by Gasteiger charge is 2.31. The monoisotopic (exact) mass is 405 g/mol. The molecule has 7 heteroatoms. The van der Waals surface area contributed by atoms with Crippen molar-refractivity contribution < 1.29 is 12.8 Å². The minimum Gasteiger partial charge on any atom is -0.445 e. The van der Waals surface area contributed by atoms with Crippen molar-refractivity contribution in [1.82, 2.24) is 9.71 Å². The number of oxazole rings is 1. The van der Waals surface area contributed by atoms with Gasteiger partial charge in [-0.3, -0.25) is 0 Å². The van der Waals surface area contributed by atoms with Crippen LogP contribution in [-0.2, 0) is 10.0 Å². The van der Waals surface area contributed by atoms with Crippen LogP contribution in [0.1, 0.15) is 45.6 Å². The van der Waals surface area contributed by atoms with Gasteiger partial charge in [0.05, 0.1) is 11.4 Å². The Morgan fingerprint density at radius 2 is 2.07 bits per heavy atom. The first-order valence-electron chi connectivity index (χ1n) is 10.0. The fourth-order valence-corrected chi connectivity index (χ4v) is 4.87. The number of sulfonamides is 1. The number of nitrogens with zero attached hydrogens (tertiary/aromatic N) is 1. The number of aromatic nitrogens is 1. The molecule has 1 fully saturated rings. The number of hydrogen-bond acceptors (Lipinski definition) is 5. The van der Waals surface area contributed by atoms with Crippen LogP contribution in [0.2, 0.25) is 0 Å². The second-order valence-corrected chi connectivity index (χ2v) is 10.5. The highest BCUT2D eigenvalue weighted by atomic mass is 32.2. The topological polar surface area (TPSA) is 84.2 Å². The molecule has 3 rings (SSSR count). The quantitative estimate of drug-likeness (QED) is 0.721. The van der Waals surface area contributed by atoms with Gasteiger partial charge < -0.3 is 9.73 Å². The van der Waals surface area contributed by atoms with Crippen molar-refractivity contribution >= 4 is 15.7 Å². The van der Waals surface area contributed by atoms with Crippen LogP contribution >= 0.6 is 0 Å². The van der Waals surface area contributed by atoms with E-state index in [4.69, 9.17) is 4.42 Å². The predicted octanol–water partition coefficient (Wildman–Crippen LogP) is 4.19. The maximum atomic E-state index is 12.2. The summed E-state index contributed by atoms with van der Waals surface area (Å²) < 4.78 is 32.6. The molecule has 3 atom stereocenters. The van der Waals surface area contributed by atoms with Crippen molar-refractivity contribution in [3.05, 3.63) is 36.2 Å². The summed E-state index contributed by atoms with van der Waals surface area (Å²) in [6, 6.07) is 6.21. The van der Waals surface area contributed by atoms with Crippen LogP contribution in [0.25, 0.3) is 11.5 Å². The summed E-state index contributed by atoms with van der Waals surface area (Å²) in [6.07, 6.45) is 6.16. The Morgan fingerprint density at radius 3 is 2.68 bits per heavy atom. The summed E-state index contributed by atoms with van der Waals surface area (Å²) in [5.74, 6) is 1.51. The lowest BCUT2D eigenvalue weighted by Gasteiger charge is -2.35. The molecular weight excluding hydrogens is 374 g/mol. The second-order valence-electron chi connectivity index (χ2n) is 8.22. The zero-order valence-electron chi connectivity index (χ0n) is 17.1. The first kappa shape index (κ1) is 20.9.